The van der Waals surface area contributed by atoms with E-state index in [2.05, 4.69) is 25.6 Å². The lowest BCUT2D eigenvalue weighted by atomic mass is 9.99. The molecular weight excluding hydrogens is 447 g/mol. The van der Waals surface area contributed by atoms with Gasteiger partial charge in [0.1, 0.15) is 12.0 Å². The molecule has 7 nitrogen and oxygen atoms in total. The van der Waals surface area contributed by atoms with Crippen molar-refractivity contribution in [3.05, 3.63) is 72.1 Å². The Morgan fingerprint density at radius 1 is 1.06 bits per heavy atom. The minimum atomic E-state index is -4.33. The molecule has 0 radical (unpaired) electrons. The molecule has 0 aliphatic heterocycles. The Balaban J connectivity index is 1.81. The summed E-state index contributed by atoms with van der Waals surface area (Å²) in [7, 11) is 0. The van der Waals surface area contributed by atoms with Crippen molar-refractivity contribution in [2.45, 2.75) is 33.0 Å². The van der Waals surface area contributed by atoms with Gasteiger partial charge in [0.05, 0.1) is 24.3 Å². The predicted octanol–water partition coefficient (Wildman–Crippen LogP) is 4.21. The molecule has 1 amide bonds. The van der Waals surface area contributed by atoms with Gasteiger partial charge in [0.15, 0.2) is 5.78 Å². The van der Waals surface area contributed by atoms with Crippen molar-refractivity contribution in [1.82, 2.24) is 20.3 Å². The quantitative estimate of drug-likeness (QED) is 0.454. The van der Waals surface area contributed by atoms with Gasteiger partial charge >= 0.3 is 6.18 Å². The zero-order chi connectivity index (χ0) is 24.7. The molecule has 178 valence electrons. The number of rotatable bonds is 9. The molecule has 1 aromatic carbocycles. The Bertz CT molecular complexity index is 1150. The van der Waals surface area contributed by atoms with Gasteiger partial charge in [-0.1, -0.05) is 38.1 Å². The standard InChI is InChI=1S/C24H24F3N5O2/c1-15(2)23(34)22-20(32-21(33)13-29-12-19-6-7-28-14-31-19)9-18(11-30-22)17-5-3-4-16(8-17)10-24(25,26)27/h3-9,11,14-15,29H,10,12-13H2,1-2H3,(H,32,33). The van der Waals surface area contributed by atoms with Gasteiger partial charge in [-0.25, -0.2) is 9.97 Å². The highest BCUT2D eigenvalue weighted by Gasteiger charge is 2.27. The molecule has 0 atom stereocenters. The molecule has 0 saturated heterocycles. The zero-order valence-electron chi connectivity index (χ0n) is 18.7. The second-order valence-electron chi connectivity index (χ2n) is 7.98. The highest BCUT2D eigenvalue weighted by Crippen LogP contribution is 2.28. The van der Waals surface area contributed by atoms with Crippen LogP contribution in [0, 0.1) is 5.92 Å². The number of halogens is 3. The average Bonchev–Trinajstić information content (AvgIpc) is 2.78. The SMILES string of the molecule is CC(C)C(=O)c1ncc(-c2cccc(CC(F)(F)F)c2)cc1NC(=O)CNCc1ccncn1. The van der Waals surface area contributed by atoms with Crippen molar-refractivity contribution < 1.29 is 22.8 Å². The van der Waals surface area contributed by atoms with E-state index in [1.165, 1.54) is 30.7 Å². The molecule has 2 aromatic heterocycles. The third-order valence-corrected chi connectivity index (χ3v) is 4.82. The number of aromatic nitrogens is 3. The van der Waals surface area contributed by atoms with Crippen molar-refractivity contribution >= 4 is 17.4 Å². The smallest absolute Gasteiger partial charge is 0.323 e. The van der Waals surface area contributed by atoms with Crippen molar-refractivity contribution in [3.8, 4) is 11.1 Å². The molecule has 0 bridgehead atoms. The van der Waals surface area contributed by atoms with Gasteiger partial charge < -0.3 is 10.6 Å². The number of benzene rings is 1. The summed E-state index contributed by atoms with van der Waals surface area (Å²) in [6.07, 6.45) is -0.968. The summed E-state index contributed by atoms with van der Waals surface area (Å²) >= 11 is 0. The van der Waals surface area contributed by atoms with E-state index in [9.17, 15) is 22.8 Å². The first-order valence-electron chi connectivity index (χ1n) is 10.6. The molecule has 10 heteroatoms. The summed E-state index contributed by atoms with van der Waals surface area (Å²) in [6, 6.07) is 9.26. The van der Waals surface area contributed by atoms with E-state index < -0.39 is 18.5 Å². The lowest BCUT2D eigenvalue weighted by molar-refractivity contribution is -0.127. The van der Waals surface area contributed by atoms with Crippen LogP contribution in [-0.4, -0.2) is 39.4 Å². The van der Waals surface area contributed by atoms with Gasteiger partial charge in [0, 0.05) is 30.4 Å². The van der Waals surface area contributed by atoms with Crippen LogP contribution in [0.15, 0.2) is 55.1 Å². The minimum Gasteiger partial charge on any atom is -0.323 e. The van der Waals surface area contributed by atoms with Crippen molar-refractivity contribution in [1.29, 1.82) is 0 Å². The lowest BCUT2D eigenvalue weighted by Crippen LogP contribution is -2.29. The Labute approximate surface area is 194 Å². The lowest BCUT2D eigenvalue weighted by Gasteiger charge is -2.14. The van der Waals surface area contributed by atoms with E-state index in [-0.39, 0.29) is 35.2 Å². The van der Waals surface area contributed by atoms with E-state index >= 15 is 0 Å². The number of Topliss-reactive ketones (excluding diaryl/α,β-unsaturated/α-hetero) is 1. The second-order valence-corrected chi connectivity index (χ2v) is 7.98. The molecule has 3 rings (SSSR count). The highest BCUT2D eigenvalue weighted by atomic mass is 19.4. The minimum absolute atomic E-state index is 0.0510. The fraction of sp³-hybridized carbons (Fsp3) is 0.292. The number of hydrogen-bond acceptors (Lipinski definition) is 6. The van der Waals surface area contributed by atoms with E-state index in [1.807, 2.05) is 0 Å². The van der Waals surface area contributed by atoms with Crippen molar-refractivity contribution in [2.24, 2.45) is 5.92 Å². The molecule has 0 unspecified atom stereocenters. The number of amides is 1. The molecule has 3 aromatic rings. The fourth-order valence-corrected chi connectivity index (χ4v) is 3.20. The van der Waals surface area contributed by atoms with Gasteiger partial charge in [-0.05, 0) is 23.3 Å². The molecule has 2 N–H and O–H groups in total. The van der Waals surface area contributed by atoms with Crippen LogP contribution in [0.4, 0.5) is 18.9 Å². The maximum Gasteiger partial charge on any atom is 0.393 e. The Hall–Kier alpha value is -3.66. The number of nitrogens with one attached hydrogen (secondary N) is 2. The molecule has 0 saturated carbocycles. The third-order valence-electron chi connectivity index (χ3n) is 4.82. The van der Waals surface area contributed by atoms with Crippen molar-refractivity contribution in [3.63, 3.8) is 0 Å². The predicted molar refractivity (Wildman–Crippen MR) is 121 cm³/mol. The highest BCUT2D eigenvalue weighted by molar-refractivity contribution is 6.05. The number of alkyl halides is 3. The molecule has 0 aliphatic carbocycles. The average molecular weight is 471 g/mol. The largest absolute Gasteiger partial charge is 0.393 e. The second kappa shape index (κ2) is 11.0. The molecular formula is C24H24F3N5O2. The number of nitrogens with zero attached hydrogens (tertiary/aromatic N) is 3. The Morgan fingerprint density at radius 2 is 1.85 bits per heavy atom. The molecule has 34 heavy (non-hydrogen) atoms. The van der Waals surface area contributed by atoms with E-state index in [1.54, 1.807) is 38.2 Å². The maximum atomic E-state index is 12.8. The Morgan fingerprint density at radius 3 is 2.53 bits per heavy atom. The van der Waals surface area contributed by atoms with Gasteiger partial charge in [0.25, 0.3) is 0 Å². The van der Waals surface area contributed by atoms with Gasteiger partial charge in [-0.3, -0.25) is 14.6 Å². The van der Waals surface area contributed by atoms with E-state index in [4.69, 9.17) is 0 Å². The molecule has 0 fully saturated rings. The van der Waals surface area contributed by atoms with Crippen LogP contribution in [0.1, 0.15) is 35.6 Å². The van der Waals surface area contributed by atoms with Gasteiger partial charge in [-0.15, -0.1) is 0 Å². The number of anilines is 1. The fourth-order valence-electron chi connectivity index (χ4n) is 3.20. The molecule has 2 heterocycles. The first kappa shape index (κ1) is 25.0. The van der Waals surface area contributed by atoms with Gasteiger partial charge in [-0.2, -0.15) is 13.2 Å². The van der Waals surface area contributed by atoms with E-state index in [0.717, 1.165) is 0 Å². The Kier molecular flexibility index (Phi) is 8.06. The van der Waals surface area contributed by atoms with Crippen LogP contribution >= 0.6 is 0 Å². The first-order valence-corrected chi connectivity index (χ1v) is 10.6. The summed E-state index contributed by atoms with van der Waals surface area (Å²) in [5, 5.41) is 5.65. The van der Waals surface area contributed by atoms with E-state index in [0.29, 0.717) is 23.4 Å². The summed E-state index contributed by atoms with van der Waals surface area (Å²) in [5.74, 6) is -1.03. The number of carbonyl (C=O) groups is 2. The first-order chi connectivity index (χ1) is 16.1. The van der Waals surface area contributed by atoms with Crippen LogP contribution in [0.5, 0.6) is 0 Å². The third kappa shape index (κ3) is 7.17. The summed E-state index contributed by atoms with van der Waals surface area (Å²) in [4.78, 5) is 37.3. The van der Waals surface area contributed by atoms with Crippen LogP contribution in [-0.2, 0) is 17.8 Å². The number of pyridine rings is 1. The number of carbonyl (C=O) groups excluding carboxylic acids is 2. The maximum absolute atomic E-state index is 12.8. The van der Waals surface area contributed by atoms with Crippen LogP contribution in [0.3, 0.4) is 0 Å². The monoisotopic (exact) mass is 471 g/mol. The summed E-state index contributed by atoms with van der Waals surface area (Å²) in [5.41, 5.74) is 2.08. The molecule has 0 aliphatic rings. The van der Waals surface area contributed by atoms with Gasteiger partial charge in [0.2, 0.25) is 5.91 Å². The van der Waals surface area contributed by atoms with Crippen LogP contribution in [0.25, 0.3) is 11.1 Å². The summed E-state index contributed by atoms with van der Waals surface area (Å²) < 4.78 is 38.4. The molecule has 0 spiro atoms. The zero-order valence-corrected chi connectivity index (χ0v) is 18.7. The van der Waals surface area contributed by atoms with Crippen LogP contribution in [0.2, 0.25) is 0 Å². The topological polar surface area (TPSA) is 96.9 Å². The van der Waals surface area contributed by atoms with Crippen molar-refractivity contribution in [2.75, 3.05) is 11.9 Å². The van der Waals surface area contributed by atoms with Crippen LogP contribution < -0.4 is 10.6 Å². The number of hydrogen-bond donors (Lipinski definition) is 2. The summed E-state index contributed by atoms with van der Waals surface area (Å²) in [6.45, 7) is 3.73. The number of ketones is 1. The normalized spacial score (nSPS) is 11.5.